The lowest BCUT2D eigenvalue weighted by molar-refractivity contribution is 0.447. The van der Waals surface area contributed by atoms with Crippen LogP contribution in [0, 0.1) is 11.7 Å². The fraction of sp³-hybridized carbons (Fsp3) is 0.348. The van der Waals surface area contributed by atoms with E-state index in [1.54, 1.807) is 17.7 Å². The molecule has 3 N–H and O–H groups in total. The zero-order valence-corrected chi connectivity index (χ0v) is 19.4. The van der Waals surface area contributed by atoms with E-state index < -0.39 is 0 Å². The Morgan fingerprint density at radius 1 is 1.19 bits per heavy atom. The van der Waals surface area contributed by atoms with E-state index in [9.17, 15) is 10.2 Å². The predicted molar refractivity (Wildman–Crippen MR) is 128 cm³/mol. The number of H-pyrrole nitrogens is 1. The number of benzene rings is 2. The summed E-state index contributed by atoms with van der Waals surface area (Å²) in [5, 5.41) is 27.7. The van der Waals surface area contributed by atoms with Crippen LogP contribution in [-0.2, 0) is 6.42 Å². The van der Waals surface area contributed by atoms with Crippen molar-refractivity contribution in [2.75, 3.05) is 18.5 Å². The van der Waals surface area contributed by atoms with E-state index in [2.05, 4.69) is 40.0 Å². The van der Waals surface area contributed by atoms with Gasteiger partial charge in [-0.2, -0.15) is 5.10 Å². The van der Waals surface area contributed by atoms with E-state index in [1.807, 2.05) is 26.0 Å². The molecule has 0 aliphatic rings. The molecular formula is C23H29N5O2S. The molecule has 7 nitrogen and oxygen atoms in total. The molecule has 0 radical (unpaired) electrons. The number of hydrogen-bond donors (Lipinski definition) is 3. The number of phenols is 2. The van der Waals surface area contributed by atoms with Crippen molar-refractivity contribution in [2.24, 2.45) is 4.99 Å². The maximum Gasteiger partial charge on any atom is 0.200 e. The number of aromatic nitrogens is 3. The third-order valence-corrected chi connectivity index (χ3v) is 5.66. The molecule has 0 unspecified atom stereocenters. The Morgan fingerprint density at radius 3 is 2.55 bits per heavy atom. The van der Waals surface area contributed by atoms with Crippen molar-refractivity contribution in [3.05, 3.63) is 46.2 Å². The molecule has 0 bridgehead atoms. The van der Waals surface area contributed by atoms with Gasteiger partial charge in [-0.15, -0.1) is 0 Å². The van der Waals surface area contributed by atoms with Crippen molar-refractivity contribution in [1.82, 2.24) is 14.8 Å². The molecule has 31 heavy (non-hydrogen) atoms. The minimum atomic E-state index is -0.0535. The molecule has 0 fully saturated rings. The molecule has 0 amide bonds. The Balaban J connectivity index is 2.13. The standard InChI is InChI=1S/C23H29N5O2S/c1-6-10-27(15(4)24-5)19-9-8-17(11-14(19)3)28-22(25-26-23(28)31)18-12-16(7-2)20(29)13-21(18)30/h8-9,11-13,29-30H,6-7,10H2,1-5H3,(H,26,31). The molecule has 0 spiro atoms. The molecule has 2 aromatic carbocycles. The summed E-state index contributed by atoms with van der Waals surface area (Å²) in [6, 6.07) is 9.19. The number of hydrogen-bond acceptors (Lipinski definition) is 5. The van der Waals surface area contributed by atoms with E-state index in [4.69, 9.17) is 12.2 Å². The van der Waals surface area contributed by atoms with E-state index in [1.165, 1.54) is 6.07 Å². The van der Waals surface area contributed by atoms with Crippen LogP contribution in [0.4, 0.5) is 5.69 Å². The Hall–Kier alpha value is -3.13. The van der Waals surface area contributed by atoms with Crippen LogP contribution in [0.5, 0.6) is 11.5 Å². The van der Waals surface area contributed by atoms with Gasteiger partial charge in [0.25, 0.3) is 0 Å². The van der Waals surface area contributed by atoms with Crippen molar-refractivity contribution >= 4 is 23.7 Å². The first kappa shape index (κ1) is 22.6. The van der Waals surface area contributed by atoms with Gasteiger partial charge >= 0.3 is 0 Å². The fourth-order valence-electron chi connectivity index (χ4n) is 3.68. The molecule has 3 aromatic rings. The number of phenolic OH excluding ortho intramolecular Hbond substituents is 2. The Bertz CT molecular complexity index is 1180. The van der Waals surface area contributed by atoms with Crippen LogP contribution in [0.25, 0.3) is 17.1 Å². The van der Waals surface area contributed by atoms with Crippen LogP contribution in [0.2, 0.25) is 0 Å². The molecule has 1 heterocycles. The highest BCUT2D eigenvalue weighted by Crippen LogP contribution is 2.35. The largest absolute Gasteiger partial charge is 0.508 e. The number of rotatable bonds is 6. The summed E-state index contributed by atoms with van der Waals surface area (Å²) in [6.45, 7) is 9.03. The SMILES string of the molecule is CCCN(C(C)=NC)c1ccc(-n2c(-c3cc(CC)c(O)cc3O)n[nH]c2=S)cc1C. The molecule has 0 aliphatic heterocycles. The van der Waals surface area contributed by atoms with Gasteiger partial charge in [0.15, 0.2) is 10.6 Å². The average molecular weight is 440 g/mol. The van der Waals surface area contributed by atoms with Gasteiger partial charge in [-0.05, 0) is 74.3 Å². The summed E-state index contributed by atoms with van der Waals surface area (Å²) in [7, 11) is 1.80. The van der Waals surface area contributed by atoms with Gasteiger partial charge in [0, 0.05) is 25.3 Å². The van der Waals surface area contributed by atoms with Crippen molar-refractivity contribution < 1.29 is 10.2 Å². The number of anilines is 1. The molecular weight excluding hydrogens is 410 g/mol. The number of aromatic hydroxyl groups is 2. The summed E-state index contributed by atoms with van der Waals surface area (Å²) in [5.41, 5.74) is 4.23. The van der Waals surface area contributed by atoms with Crippen LogP contribution >= 0.6 is 12.2 Å². The third-order valence-electron chi connectivity index (χ3n) is 5.38. The van der Waals surface area contributed by atoms with E-state index in [0.717, 1.165) is 41.3 Å². The van der Waals surface area contributed by atoms with Crippen LogP contribution < -0.4 is 4.90 Å². The number of aliphatic imine (C=N–C) groups is 1. The summed E-state index contributed by atoms with van der Waals surface area (Å²) in [4.78, 5) is 6.56. The predicted octanol–water partition coefficient (Wildman–Crippen LogP) is 5.14. The topological polar surface area (TPSA) is 89.7 Å². The van der Waals surface area contributed by atoms with Crippen LogP contribution in [0.15, 0.2) is 35.3 Å². The van der Waals surface area contributed by atoms with E-state index in [0.29, 0.717) is 22.6 Å². The van der Waals surface area contributed by atoms with Gasteiger partial charge in [-0.3, -0.25) is 14.7 Å². The number of amidine groups is 1. The van der Waals surface area contributed by atoms with Crippen molar-refractivity contribution in [1.29, 1.82) is 0 Å². The van der Waals surface area contributed by atoms with Crippen LogP contribution in [0.3, 0.4) is 0 Å². The Labute approximate surface area is 187 Å². The van der Waals surface area contributed by atoms with Gasteiger partial charge in [-0.1, -0.05) is 13.8 Å². The number of nitrogens with one attached hydrogen (secondary N) is 1. The van der Waals surface area contributed by atoms with Gasteiger partial charge in [0.1, 0.15) is 11.5 Å². The Morgan fingerprint density at radius 2 is 1.94 bits per heavy atom. The zero-order chi connectivity index (χ0) is 22.7. The lowest BCUT2D eigenvalue weighted by Gasteiger charge is -2.26. The maximum absolute atomic E-state index is 10.5. The lowest BCUT2D eigenvalue weighted by Crippen LogP contribution is -2.30. The van der Waals surface area contributed by atoms with Gasteiger partial charge in [-0.25, -0.2) is 0 Å². The number of aromatic amines is 1. The molecule has 0 saturated carbocycles. The summed E-state index contributed by atoms with van der Waals surface area (Å²) >= 11 is 5.50. The molecule has 3 rings (SSSR count). The molecule has 0 atom stereocenters. The molecule has 0 saturated heterocycles. The van der Waals surface area contributed by atoms with Crippen molar-refractivity contribution in [2.45, 2.75) is 40.5 Å². The summed E-state index contributed by atoms with van der Waals surface area (Å²) < 4.78 is 2.21. The maximum atomic E-state index is 10.5. The highest BCUT2D eigenvalue weighted by atomic mass is 32.1. The normalized spacial score (nSPS) is 11.7. The summed E-state index contributed by atoms with van der Waals surface area (Å²) in [6.07, 6.45) is 1.63. The number of nitrogens with zero attached hydrogens (tertiary/aromatic N) is 4. The molecule has 164 valence electrons. The minimum Gasteiger partial charge on any atom is -0.508 e. The molecule has 0 aliphatic carbocycles. The van der Waals surface area contributed by atoms with Crippen molar-refractivity contribution in [3.8, 4) is 28.6 Å². The Kier molecular flexibility index (Phi) is 6.80. The average Bonchev–Trinajstić information content (AvgIpc) is 3.13. The lowest BCUT2D eigenvalue weighted by atomic mass is 10.1. The second-order valence-electron chi connectivity index (χ2n) is 7.43. The van der Waals surface area contributed by atoms with Gasteiger partial charge in [0.05, 0.1) is 17.1 Å². The third kappa shape index (κ3) is 4.34. The highest BCUT2D eigenvalue weighted by Gasteiger charge is 2.18. The monoisotopic (exact) mass is 439 g/mol. The minimum absolute atomic E-state index is 0.0535. The van der Waals surface area contributed by atoms with Crippen molar-refractivity contribution in [3.63, 3.8) is 0 Å². The molecule has 1 aromatic heterocycles. The first-order valence-electron chi connectivity index (χ1n) is 10.4. The van der Waals surface area contributed by atoms with E-state index in [-0.39, 0.29) is 11.5 Å². The van der Waals surface area contributed by atoms with Gasteiger partial charge < -0.3 is 15.1 Å². The second kappa shape index (κ2) is 9.34. The fourth-order valence-corrected chi connectivity index (χ4v) is 3.92. The number of aryl methyl sites for hydroxylation is 2. The molecule has 8 heteroatoms. The van der Waals surface area contributed by atoms with Crippen LogP contribution in [0.1, 0.15) is 38.3 Å². The second-order valence-corrected chi connectivity index (χ2v) is 7.82. The highest BCUT2D eigenvalue weighted by molar-refractivity contribution is 7.71. The smallest absolute Gasteiger partial charge is 0.200 e. The van der Waals surface area contributed by atoms with Crippen LogP contribution in [-0.4, -0.2) is 44.4 Å². The quantitative estimate of drug-likeness (QED) is 0.281. The summed E-state index contributed by atoms with van der Waals surface area (Å²) in [5.74, 6) is 1.45. The first-order valence-corrected chi connectivity index (χ1v) is 10.8. The zero-order valence-electron chi connectivity index (χ0n) is 18.6. The first-order chi connectivity index (χ1) is 14.8. The van der Waals surface area contributed by atoms with E-state index >= 15 is 0 Å². The van der Waals surface area contributed by atoms with Gasteiger partial charge in [0.2, 0.25) is 0 Å².